The number of rotatable bonds is 2. The number of aromatic nitrogens is 1. The van der Waals surface area contributed by atoms with Crippen molar-refractivity contribution >= 4 is 5.70 Å². The topological polar surface area (TPSA) is 3.88 Å². The second-order valence-electron chi connectivity index (χ2n) is 7.21. The van der Waals surface area contributed by atoms with Gasteiger partial charge in [-0.05, 0) is 42.7 Å². The third kappa shape index (κ3) is 1.81. The van der Waals surface area contributed by atoms with Gasteiger partial charge in [-0.3, -0.25) is 0 Å². The number of hydrogen-bond acceptors (Lipinski definition) is 0. The van der Waals surface area contributed by atoms with Crippen molar-refractivity contribution in [2.24, 2.45) is 0 Å². The predicted octanol–water partition coefficient (Wildman–Crippen LogP) is 5.39. The normalized spacial score (nSPS) is 20.3. The van der Waals surface area contributed by atoms with Gasteiger partial charge in [0.2, 0.25) is 5.69 Å². The highest BCUT2D eigenvalue weighted by Gasteiger charge is 2.51. The van der Waals surface area contributed by atoms with Gasteiger partial charge >= 0.3 is 0 Å². The second-order valence-corrected chi connectivity index (χ2v) is 7.21. The molecule has 5 rings (SSSR count). The van der Waals surface area contributed by atoms with Crippen molar-refractivity contribution in [3.8, 4) is 22.4 Å². The minimum Gasteiger partial charge on any atom is -0.160 e. The van der Waals surface area contributed by atoms with Crippen LogP contribution in [0.4, 0.5) is 0 Å². The Labute approximate surface area is 149 Å². The summed E-state index contributed by atoms with van der Waals surface area (Å²) in [6.07, 6.45) is 3.34. The zero-order valence-corrected chi connectivity index (χ0v) is 14.6. The van der Waals surface area contributed by atoms with Crippen molar-refractivity contribution in [1.82, 2.24) is 0 Å². The average Bonchev–Trinajstić information content (AvgIpc) is 2.68. The van der Waals surface area contributed by atoms with E-state index in [4.69, 9.17) is 0 Å². The SMILES string of the molecule is C=C1[n+]2c3ccc(-c4ccccc4)c2CCC1(CC)c1ccccc1-3. The van der Waals surface area contributed by atoms with Gasteiger partial charge in [0, 0.05) is 18.1 Å². The van der Waals surface area contributed by atoms with E-state index < -0.39 is 0 Å². The van der Waals surface area contributed by atoms with Crippen LogP contribution in [0, 0.1) is 0 Å². The molecule has 1 aromatic heterocycles. The van der Waals surface area contributed by atoms with Crippen LogP contribution >= 0.6 is 0 Å². The summed E-state index contributed by atoms with van der Waals surface area (Å²) in [5, 5.41) is 0. The monoisotopic (exact) mass is 324 g/mol. The predicted molar refractivity (Wildman–Crippen MR) is 103 cm³/mol. The van der Waals surface area contributed by atoms with Crippen LogP contribution in [0.2, 0.25) is 0 Å². The molecule has 0 saturated carbocycles. The number of hydrogen-bond donors (Lipinski definition) is 0. The fourth-order valence-electron chi connectivity index (χ4n) is 4.92. The lowest BCUT2D eigenvalue weighted by Crippen LogP contribution is -2.55. The molecule has 1 atom stereocenters. The van der Waals surface area contributed by atoms with Gasteiger partial charge in [0.1, 0.15) is 0 Å². The zero-order valence-electron chi connectivity index (χ0n) is 14.6. The minimum absolute atomic E-state index is 0.0799. The molecule has 2 bridgehead atoms. The van der Waals surface area contributed by atoms with Gasteiger partial charge in [-0.1, -0.05) is 55.5 Å². The van der Waals surface area contributed by atoms with Gasteiger partial charge in [0.15, 0.2) is 11.4 Å². The van der Waals surface area contributed by atoms with Gasteiger partial charge in [-0.25, -0.2) is 0 Å². The molecular formula is C24H22N+. The lowest BCUT2D eigenvalue weighted by atomic mass is 9.65. The van der Waals surface area contributed by atoms with E-state index in [0.717, 1.165) is 19.3 Å². The van der Waals surface area contributed by atoms with Gasteiger partial charge in [0.25, 0.3) is 0 Å². The maximum Gasteiger partial charge on any atom is 0.218 e. The van der Waals surface area contributed by atoms with Crippen LogP contribution in [-0.2, 0) is 11.8 Å². The lowest BCUT2D eigenvalue weighted by molar-refractivity contribution is -0.590. The van der Waals surface area contributed by atoms with Crippen LogP contribution in [-0.4, -0.2) is 0 Å². The Hall–Kier alpha value is -2.67. The largest absolute Gasteiger partial charge is 0.218 e. The highest BCUT2D eigenvalue weighted by atomic mass is 15.0. The van der Waals surface area contributed by atoms with Gasteiger partial charge in [-0.2, -0.15) is 4.57 Å². The van der Waals surface area contributed by atoms with E-state index in [2.05, 4.69) is 84.8 Å². The molecule has 3 heterocycles. The summed E-state index contributed by atoms with van der Waals surface area (Å²) in [7, 11) is 0. The summed E-state index contributed by atoms with van der Waals surface area (Å²) in [5.41, 5.74) is 9.50. The number of benzene rings is 2. The molecule has 122 valence electrons. The summed E-state index contributed by atoms with van der Waals surface area (Å²) in [5.74, 6) is 0. The number of nitrogens with zero attached hydrogens (tertiary/aromatic N) is 1. The Kier molecular flexibility index (Phi) is 3.03. The van der Waals surface area contributed by atoms with Crippen LogP contribution in [0.25, 0.3) is 28.1 Å². The lowest BCUT2D eigenvalue weighted by Gasteiger charge is -2.40. The molecule has 1 unspecified atom stereocenters. The van der Waals surface area contributed by atoms with E-state index in [1.54, 1.807) is 0 Å². The average molecular weight is 324 g/mol. The van der Waals surface area contributed by atoms with E-state index in [1.807, 2.05) is 0 Å². The highest BCUT2D eigenvalue weighted by molar-refractivity contribution is 5.76. The smallest absolute Gasteiger partial charge is 0.160 e. The van der Waals surface area contributed by atoms with Crippen molar-refractivity contribution in [2.75, 3.05) is 0 Å². The molecule has 0 spiro atoms. The molecule has 2 aromatic carbocycles. The molecule has 0 amide bonds. The molecule has 0 radical (unpaired) electrons. The van der Waals surface area contributed by atoms with Crippen LogP contribution in [0.1, 0.15) is 31.0 Å². The third-order valence-electron chi connectivity index (χ3n) is 6.25. The highest BCUT2D eigenvalue weighted by Crippen LogP contribution is 2.50. The first-order valence-electron chi connectivity index (χ1n) is 9.19. The Morgan fingerprint density at radius 2 is 1.68 bits per heavy atom. The number of pyridine rings is 1. The number of allylic oxidation sites excluding steroid dienone is 1. The van der Waals surface area contributed by atoms with Gasteiger partial charge in [0.05, 0.1) is 11.0 Å². The first kappa shape index (κ1) is 14.7. The van der Waals surface area contributed by atoms with Gasteiger partial charge in [-0.15, -0.1) is 0 Å². The Balaban J connectivity index is 1.86. The van der Waals surface area contributed by atoms with E-state index in [0.29, 0.717) is 0 Å². The summed E-state index contributed by atoms with van der Waals surface area (Å²) >= 11 is 0. The van der Waals surface area contributed by atoms with Crippen LogP contribution in [0.15, 0.2) is 73.3 Å². The van der Waals surface area contributed by atoms with E-state index in [-0.39, 0.29) is 5.41 Å². The standard InChI is InChI=1S/C24H22N/c1-3-24-16-15-23-19(18-9-5-4-6-10-18)13-14-22(25(23)17(24)2)20-11-7-8-12-21(20)24/h4-14H,2-3,15-16H2,1H3/q+1. The minimum atomic E-state index is 0.0799. The van der Waals surface area contributed by atoms with Crippen LogP contribution in [0.3, 0.4) is 0 Å². The molecule has 1 heteroatoms. The number of fused-ring (bicyclic) bond motifs is 4. The molecule has 0 aliphatic carbocycles. The molecule has 3 aromatic rings. The molecule has 1 nitrogen and oxygen atoms in total. The summed E-state index contributed by atoms with van der Waals surface area (Å²) in [6.45, 7) is 6.89. The Bertz CT molecular complexity index is 1000. The summed E-state index contributed by atoms with van der Waals surface area (Å²) in [6, 6.07) is 24.2. The van der Waals surface area contributed by atoms with Crippen molar-refractivity contribution in [1.29, 1.82) is 0 Å². The molecule has 25 heavy (non-hydrogen) atoms. The van der Waals surface area contributed by atoms with Crippen LogP contribution in [0.5, 0.6) is 0 Å². The Morgan fingerprint density at radius 1 is 0.920 bits per heavy atom. The van der Waals surface area contributed by atoms with E-state index in [9.17, 15) is 0 Å². The van der Waals surface area contributed by atoms with Crippen molar-refractivity contribution in [2.45, 2.75) is 31.6 Å². The van der Waals surface area contributed by atoms with E-state index >= 15 is 0 Å². The molecule has 2 aliphatic heterocycles. The molecular weight excluding hydrogens is 302 g/mol. The first-order chi connectivity index (χ1) is 12.3. The Morgan fingerprint density at radius 3 is 2.48 bits per heavy atom. The fraction of sp³-hybridized carbons (Fsp3) is 0.208. The fourth-order valence-corrected chi connectivity index (χ4v) is 4.92. The van der Waals surface area contributed by atoms with Gasteiger partial charge < -0.3 is 0 Å². The van der Waals surface area contributed by atoms with Crippen LogP contribution < -0.4 is 4.57 Å². The molecule has 0 saturated heterocycles. The van der Waals surface area contributed by atoms with Crippen molar-refractivity contribution < 1.29 is 4.57 Å². The van der Waals surface area contributed by atoms with Crippen molar-refractivity contribution in [3.05, 3.63) is 84.6 Å². The summed E-state index contributed by atoms with van der Waals surface area (Å²) in [4.78, 5) is 0. The zero-order chi connectivity index (χ0) is 17.0. The molecule has 2 aliphatic rings. The summed E-state index contributed by atoms with van der Waals surface area (Å²) < 4.78 is 2.46. The molecule has 0 fully saturated rings. The maximum atomic E-state index is 4.59. The van der Waals surface area contributed by atoms with Crippen molar-refractivity contribution in [3.63, 3.8) is 0 Å². The maximum absolute atomic E-state index is 4.59. The second kappa shape index (κ2) is 5.16. The first-order valence-corrected chi connectivity index (χ1v) is 9.19. The van der Waals surface area contributed by atoms with E-state index in [1.165, 1.54) is 39.3 Å². The quantitative estimate of drug-likeness (QED) is 0.557. The molecule has 0 N–H and O–H groups in total. The third-order valence-corrected chi connectivity index (χ3v) is 6.25.